The fourth-order valence-corrected chi connectivity index (χ4v) is 4.96. The van der Waals surface area contributed by atoms with Crippen molar-refractivity contribution in [2.24, 2.45) is 29.1 Å². The van der Waals surface area contributed by atoms with E-state index in [2.05, 4.69) is 55.4 Å². The predicted molar refractivity (Wildman–Crippen MR) is 136 cm³/mol. The molecule has 0 aliphatic rings. The van der Waals surface area contributed by atoms with Crippen molar-refractivity contribution in [3.05, 3.63) is 0 Å². The van der Waals surface area contributed by atoms with Crippen molar-refractivity contribution in [3.63, 3.8) is 0 Å². The van der Waals surface area contributed by atoms with Crippen LogP contribution >= 0.6 is 0 Å². The molecule has 0 N–H and O–H groups in total. The van der Waals surface area contributed by atoms with Crippen LogP contribution < -0.4 is 0 Å². The summed E-state index contributed by atoms with van der Waals surface area (Å²) < 4.78 is 0. The molecular formula is C29H60. The third-order valence-electron chi connectivity index (χ3n) is 6.95. The Hall–Kier alpha value is 0. The van der Waals surface area contributed by atoms with E-state index in [4.69, 9.17) is 0 Å². The zero-order chi connectivity index (χ0) is 22.1. The molecule has 0 fully saturated rings. The molecule has 0 aromatic carbocycles. The van der Waals surface area contributed by atoms with Gasteiger partial charge in [0, 0.05) is 0 Å². The Labute approximate surface area is 187 Å². The van der Waals surface area contributed by atoms with Crippen molar-refractivity contribution in [3.8, 4) is 0 Å². The first kappa shape index (κ1) is 29.0. The first-order valence-corrected chi connectivity index (χ1v) is 13.7. The van der Waals surface area contributed by atoms with Gasteiger partial charge in [-0.15, -0.1) is 0 Å². The molecule has 0 bridgehead atoms. The molecular weight excluding hydrogens is 348 g/mol. The maximum Gasteiger partial charge on any atom is -0.0297 e. The molecule has 0 radical (unpaired) electrons. The van der Waals surface area contributed by atoms with Gasteiger partial charge in [0.1, 0.15) is 0 Å². The molecule has 0 nitrogen and oxygen atoms in total. The van der Waals surface area contributed by atoms with Gasteiger partial charge in [-0.05, 0) is 54.8 Å². The van der Waals surface area contributed by atoms with Crippen LogP contribution in [-0.4, -0.2) is 0 Å². The van der Waals surface area contributed by atoms with Crippen LogP contribution in [0.2, 0.25) is 0 Å². The smallest absolute Gasteiger partial charge is 0.0297 e. The van der Waals surface area contributed by atoms with E-state index in [1.807, 2.05) is 0 Å². The van der Waals surface area contributed by atoms with E-state index < -0.39 is 0 Å². The molecule has 0 heteroatoms. The van der Waals surface area contributed by atoms with Gasteiger partial charge in [-0.25, -0.2) is 0 Å². The van der Waals surface area contributed by atoms with Crippen LogP contribution in [0.1, 0.15) is 158 Å². The summed E-state index contributed by atoms with van der Waals surface area (Å²) in [5.74, 6) is 3.47. The fourth-order valence-electron chi connectivity index (χ4n) is 4.96. The molecule has 0 saturated carbocycles. The van der Waals surface area contributed by atoms with Gasteiger partial charge >= 0.3 is 0 Å². The highest BCUT2D eigenvalue weighted by atomic mass is 14.3. The molecule has 0 aromatic heterocycles. The lowest BCUT2D eigenvalue weighted by Gasteiger charge is -2.35. The topological polar surface area (TPSA) is 0 Å². The maximum atomic E-state index is 2.39. The van der Waals surface area contributed by atoms with E-state index in [1.165, 1.54) is 103 Å². The maximum absolute atomic E-state index is 2.39. The molecule has 0 rings (SSSR count). The van der Waals surface area contributed by atoms with Crippen LogP contribution in [0.5, 0.6) is 0 Å². The molecule has 0 unspecified atom stereocenters. The Bertz CT molecular complexity index is 266. The van der Waals surface area contributed by atoms with Gasteiger partial charge < -0.3 is 0 Å². The third-order valence-corrected chi connectivity index (χ3v) is 6.95. The Morgan fingerprint density at radius 3 is 0.724 bits per heavy atom. The molecule has 0 aliphatic heterocycles. The van der Waals surface area contributed by atoms with Gasteiger partial charge in [0.05, 0.1) is 0 Å². The lowest BCUT2D eigenvalue weighted by atomic mass is 9.70. The molecule has 0 heterocycles. The van der Waals surface area contributed by atoms with E-state index in [-0.39, 0.29) is 0 Å². The molecule has 0 amide bonds. The Kier molecular flexibility index (Phi) is 17.7. The second-order valence-corrected chi connectivity index (χ2v) is 12.1. The summed E-state index contributed by atoms with van der Waals surface area (Å²) in [6.45, 7) is 19.1. The van der Waals surface area contributed by atoms with Gasteiger partial charge in [0.2, 0.25) is 0 Å². The van der Waals surface area contributed by atoms with E-state index in [0.717, 1.165) is 23.7 Å². The van der Waals surface area contributed by atoms with E-state index in [1.54, 1.807) is 0 Å². The average molecular weight is 409 g/mol. The van der Waals surface area contributed by atoms with Crippen LogP contribution in [0.3, 0.4) is 0 Å². The highest BCUT2D eigenvalue weighted by molar-refractivity contribution is 4.80. The normalized spacial score (nSPS) is 12.8. The predicted octanol–water partition coefficient (Wildman–Crippen LogP) is 10.8. The number of unbranched alkanes of at least 4 members (excludes halogenated alkanes) is 4. The zero-order valence-electron chi connectivity index (χ0n) is 22.1. The van der Waals surface area contributed by atoms with Crippen molar-refractivity contribution >= 4 is 0 Å². The molecule has 0 aliphatic carbocycles. The summed E-state index contributed by atoms with van der Waals surface area (Å²) in [6.07, 6.45) is 23.4. The minimum Gasteiger partial charge on any atom is -0.0628 e. The van der Waals surface area contributed by atoms with Gasteiger partial charge in [-0.3, -0.25) is 0 Å². The van der Waals surface area contributed by atoms with Crippen LogP contribution in [0.25, 0.3) is 0 Å². The molecule has 176 valence electrons. The first-order valence-electron chi connectivity index (χ1n) is 13.7. The lowest BCUT2D eigenvalue weighted by Crippen LogP contribution is -2.22. The SMILES string of the molecule is CC(C)CCCCC(CCCCC(C)C)(CCCCC(C)C)CCCCC(C)C. The largest absolute Gasteiger partial charge is 0.0628 e. The molecule has 0 aromatic rings. The quantitative estimate of drug-likeness (QED) is 0.176. The monoisotopic (exact) mass is 408 g/mol. The fraction of sp³-hybridized carbons (Fsp3) is 1.00. The van der Waals surface area contributed by atoms with Gasteiger partial charge in [0.15, 0.2) is 0 Å². The Morgan fingerprint density at radius 2 is 0.552 bits per heavy atom. The highest BCUT2D eigenvalue weighted by Gasteiger charge is 2.28. The third kappa shape index (κ3) is 18.5. The van der Waals surface area contributed by atoms with E-state index in [9.17, 15) is 0 Å². The van der Waals surface area contributed by atoms with Crippen molar-refractivity contribution in [2.45, 2.75) is 158 Å². The van der Waals surface area contributed by atoms with Crippen LogP contribution in [0.15, 0.2) is 0 Å². The lowest BCUT2D eigenvalue weighted by molar-refractivity contribution is 0.169. The summed E-state index contributed by atoms with van der Waals surface area (Å²) in [4.78, 5) is 0. The van der Waals surface area contributed by atoms with Crippen molar-refractivity contribution in [1.29, 1.82) is 0 Å². The number of hydrogen-bond acceptors (Lipinski definition) is 0. The standard InChI is InChI=1S/C29H60/c1-25(2)17-9-13-21-29(22-14-10-18-26(3)4,23-15-11-19-27(5)6)24-16-12-20-28(7)8/h25-28H,9-24H2,1-8H3. The Morgan fingerprint density at radius 1 is 0.345 bits per heavy atom. The van der Waals surface area contributed by atoms with Crippen LogP contribution in [0.4, 0.5) is 0 Å². The molecule has 29 heavy (non-hydrogen) atoms. The minimum absolute atomic E-state index is 0.655. The summed E-state index contributed by atoms with van der Waals surface area (Å²) in [5, 5.41) is 0. The molecule has 0 saturated heterocycles. The van der Waals surface area contributed by atoms with Gasteiger partial charge in [-0.2, -0.15) is 0 Å². The van der Waals surface area contributed by atoms with Gasteiger partial charge in [-0.1, -0.05) is 132 Å². The van der Waals surface area contributed by atoms with E-state index in [0.29, 0.717) is 5.41 Å². The number of rotatable bonds is 20. The Balaban J connectivity index is 4.86. The van der Waals surface area contributed by atoms with Crippen LogP contribution in [-0.2, 0) is 0 Å². The molecule has 0 atom stereocenters. The summed E-state index contributed by atoms with van der Waals surface area (Å²) in [7, 11) is 0. The second kappa shape index (κ2) is 17.7. The summed E-state index contributed by atoms with van der Waals surface area (Å²) in [5.41, 5.74) is 0.655. The van der Waals surface area contributed by atoms with Crippen molar-refractivity contribution < 1.29 is 0 Å². The van der Waals surface area contributed by atoms with Crippen molar-refractivity contribution in [1.82, 2.24) is 0 Å². The number of hydrogen-bond donors (Lipinski definition) is 0. The molecule has 0 spiro atoms. The van der Waals surface area contributed by atoms with Crippen LogP contribution in [0, 0.1) is 29.1 Å². The second-order valence-electron chi connectivity index (χ2n) is 12.1. The summed E-state index contributed by atoms with van der Waals surface area (Å²) >= 11 is 0. The van der Waals surface area contributed by atoms with Crippen molar-refractivity contribution in [2.75, 3.05) is 0 Å². The van der Waals surface area contributed by atoms with E-state index >= 15 is 0 Å². The average Bonchev–Trinajstić information content (AvgIpc) is 2.62. The minimum atomic E-state index is 0.655. The summed E-state index contributed by atoms with van der Waals surface area (Å²) in [6, 6.07) is 0. The van der Waals surface area contributed by atoms with Gasteiger partial charge in [0.25, 0.3) is 0 Å². The first-order chi connectivity index (χ1) is 13.7. The zero-order valence-corrected chi connectivity index (χ0v) is 22.1. The highest BCUT2D eigenvalue weighted by Crippen LogP contribution is 2.42.